The second-order valence-electron chi connectivity index (χ2n) is 2.79. The van der Waals surface area contributed by atoms with Gasteiger partial charge in [0.15, 0.2) is 0 Å². The standard InChI is InChI=1S/C6H12N2O4/c1-4(2)3-5(7)6(9)11-12-8-10/h4-5H,3,7H2,1-2H3. The molecule has 0 heterocycles. The van der Waals surface area contributed by atoms with Gasteiger partial charge in [-0.15, -0.1) is 9.90 Å². The lowest BCUT2D eigenvalue weighted by Crippen LogP contribution is -2.33. The molecule has 6 nitrogen and oxygen atoms in total. The fourth-order valence-electron chi connectivity index (χ4n) is 0.718. The van der Waals surface area contributed by atoms with Gasteiger partial charge in [0.05, 0.1) is 0 Å². The molecular weight excluding hydrogens is 164 g/mol. The molecule has 0 aliphatic rings. The average molecular weight is 176 g/mol. The normalized spacial score (nSPS) is 12.3. The van der Waals surface area contributed by atoms with Gasteiger partial charge in [0.25, 0.3) is 0 Å². The van der Waals surface area contributed by atoms with Crippen molar-refractivity contribution in [2.75, 3.05) is 0 Å². The molecule has 0 rings (SSSR count). The Hall–Kier alpha value is -1.17. The molecule has 0 radical (unpaired) electrons. The minimum atomic E-state index is -0.789. The van der Waals surface area contributed by atoms with Gasteiger partial charge in [-0.2, -0.15) is 0 Å². The zero-order chi connectivity index (χ0) is 9.56. The Morgan fingerprint density at radius 2 is 2.17 bits per heavy atom. The highest BCUT2D eigenvalue weighted by atomic mass is 17.3. The van der Waals surface area contributed by atoms with Gasteiger partial charge in [-0.1, -0.05) is 13.8 Å². The summed E-state index contributed by atoms with van der Waals surface area (Å²) in [4.78, 5) is 27.6. The maximum Gasteiger partial charge on any atom is 0.374 e. The van der Waals surface area contributed by atoms with E-state index in [1.807, 2.05) is 19.2 Å². The Labute approximate surface area is 69.9 Å². The third kappa shape index (κ3) is 4.62. The highest BCUT2D eigenvalue weighted by Gasteiger charge is 2.18. The van der Waals surface area contributed by atoms with Crippen molar-refractivity contribution in [3.05, 3.63) is 4.91 Å². The van der Waals surface area contributed by atoms with Crippen molar-refractivity contribution < 1.29 is 14.7 Å². The van der Waals surface area contributed by atoms with E-state index in [9.17, 15) is 9.70 Å². The van der Waals surface area contributed by atoms with Crippen molar-refractivity contribution in [2.24, 2.45) is 17.0 Å². The van der Waals surface area contributed by atoms with Crippen LogP contribution in [0.2, 0.25) is 0 Å². The molecule has 6 heteroatoms. The predicted molar refractivity (Wildman–Crippen MR) is 40.4 cm³/mol. The summed E-state index contributed by atoms with van der Waals surface area (Å²) in [5, 5.41) is 1.89. The lowest BCUT2D eigenvalue weighted by atomic mass is 10.1. The number of carbonyl (C=O) groups excluding carboxylic acids is 1. The van der Waals surface area contributed by atoms with Crippen LogP contribution < -0.4 is 5.73 Å². The summed E-state index contributed by atoms with van der Waals surface area (Å²) in [6, 6.07) is -0.772. The van der Waals surface area contributed by atoms with Crippen LogP contribution in [-0.2, 0) is 14.7 Å². The van der Waals surface area contributed by atoms with Crippen LogP contribution in [0.15, 0.2) is 5.34 Å². The SMILES string of the molecule is CC(C)CC(N)C(=O)OON=O. The lowest BCUT2D eigenvalue weighted by Gasteiger charge is -2.09. The number of nitrogens with zero attached hydrogens (tertiary/aromatic N) is 1. The highest BCUT2D eigenvalue weighted by Crippen LogP contribution is 2.03. The van der Waals surface area contributed by atoms with Crippen LogP contribution in [0.5, 0.6) is 0 Å². The molecule has 0 aliphatic heterocycles. The maximum absolute atomic E-state index is 10.8. The van der Waals surface area contributed by atoms with Gasteiger partial charge in [-0.25, -0.2) is 9.68 Å². The molecular formula is C6H12N2O4. The Morgan fingerprint density at radius 1 is 1.58 bits per heavy atom. The van der Waals surface area contributed by atoms with E-state index in [4.69, 9.17) is 5.73 Å². The quantitative estimate of drug-likeness (QED) is 0.374. The lowest BCUT2D eigenvalue weighted by molar-refractivity contribution is -0.276. The molecule has 0 aromatic heterocycles. The first-order valence-corrected chi connectivity index (χ1v) is 3.53. The molecule has 1 atom stereocenters. The van der Waals surface area contributed by atoms with Crippen molar-refractivity contribution >= 4 is 5.97 Å². The van der Waals surface area contributed by atoms with Crippen LogP contribution in [0.3, 0.4) is 0 Å². The van der Waals surface area contributed by atoms with E-state index in [-0.39, 0.29) is 5.92 Å². The first-order chi connectivity index (χ1) is 5.57. The fourth-order valence-corrected chi connectivity index (χ4v) is 0.718. The fraction of sp³-hybridized carbons (Fsp3) is 0.833. The Bertz CT molecular complexity index is 160. The maximum atomic E-state index is 10.8. The zero-order valence-corrected chi connectivity index (χ0v) is 7.02. The summed E-state index contributed by atoms with van der Waals surface area (Å²) < 4.78 is 0. The summed E-state index contributed by atoms with van der Waals surface area (Å²) in [5.74, 6) is -0.514. The van der Waals surface area contributed by atoms with Crippen LogP contribution in [0, 0.1) is 10.8 Å². The average Bonchev–Trinajstić information content (AvgIpc) is 1.98. The Morgan fingerprint density at radius 3 is 2.58 bits per heavy atom. The van der Waals surface area contributed by atoms with Crippen LogP contribution >= 0.6 is 0 Å². The molecule has 1 unspecified atom stereocenters. The predicted octanol–water partition coefficient (Wildman–Crippen LogP) is 0.516. The summed E-state index contributed by atoms with van der Waals surface area (Å²) in [6.07, 6.45) is 0.473. The monoisotopic (exact) mass is 176 g/mol. The molecule has 0 fully saturated rings. The van der Waals surface area contributed by atoms with Crippen molar-refractivity contribution in [3.8, 4) is 0 Å². The molecule has 0 saturated carbocycles. The Kier molecular flexibility index (Phi) is 4.94. The molecule has 0 aromatic carbocycles. The van der Waals surface area contributed by atoms with Gasteiger partial charge < -0.3 is 5.73 Å². The number of nitrogens with two attached hydrogens (primary N) is 1. The van der Waals surface area contributed by atoms with Crippen LogP contribution in [0.25, 0.3) is 0 Å². The second-order valence-corrected chi connectivity index (χ2v) is 2.79. The van der Waals surface area contributed by atoms with Gasteiger partial charge in [-0.3, -0.25) is 0 Å². The molecule has 0 amide bonds. The van der Waals surface area contributed by atoms with Gasteiger partial charge in [0.1, 0.15) is 6.04 Å². The number of rotatable bonds is 5. The van der Waals surface area contributed by atoms with E-state index in [1.165, 1.54) is 0 Å². The van der Waals surface area contributed by atoms with E-state index >= 15 is 0 Å². The van der Waals surface area contributed by atoms with Crippen LogP contribution in [0.4, 0.5) is 0 Å². The smallest absolute Gasteiger partial charge is 0.318 e. The summed E-state index contributed by atoms with van der Waals surface area (Å²) in [5.41, 5.74) is 5.36. The van der Waals surface area contributed by atoms with Crippen LogP contribution in [0.1, 0.15) is 20.3 Å². The van der Waals surface area contributed by atoms with Crippen LogP contribution in [-0.4, -0.2) is 12.0 Å². The molecule has 0 saturated heterocycles. The molecule has 12 heavy (non-hydrogen) atoms. The first kappa shape index (κ1) is 10.8. The summed E-state index contributed by atoms with van der Waals surface area (Å²) >= 11 is 0. The van der Waals surface area contributed by atoms with Gasteiger partial charge in [0, 0.05) is 0 Å². The van der Waals surface area contributed by atoms with E-state index in [1.54, 1.807) is 0 Å². The molecule has 2 N–H and O–H groups in total. The van der Waals surface area contributed by atoms with Gasteiger partial charge in [0.2, 0.25) is 5.34 Å². The minimum Gasteiger partial charge on any atom is -0.318 e. The topological polar surface area (TPSA) is 91.0 Å². The molecule has 0 aliphatic carbocycles. The van der Waals surface area contributed by atoms with Crippen molar-refractivity contribution in [1.29, 1.82) is 0 Å². The largest absolute Gasteiger partial charge is 0.374 e. The first-order valence-electron chi connectivity index (χ1n) is 3.53. The van der Waals surface area contributed by atoms with E-state index in [0.29, 0.717) is 6.42 Å². The van der Waals surface area contributed by atoms with E-state index < -0.39 is 12.0 Å². The third-order valence-corrected chi connectivity index (χ3v) is 1.18. The second kappa shape index (κ2) is 5.48. The van der Waals surface area contributed by atoms with Gasteiger partial charge >= 0.3 is 5.97 Å². The number of hydrogen-bond acceptors (Lipinski definition) is 6. The van der Waals surface area contributed by atoms with E-state index in [0.717, 1.165) is 0 Å². The zero-order valence-electron chi connectivity index (χ0n) is 7.02. The molecule has 0 spiro atoms. The van der Waals surface area contributed by atoms with Crippen molar-refractivity contribution in [3.63, 3.8) is 0 Å². The number of hydrogen-bond donors (Lipinski definition) is 1. The molecule has 0 aromatic rings. The minimum absolute atomic E-state index is 0.275. The van der Waals surface area contributed by atoms with Crippen molar-refractivity contribution in [1.82, 2.24) is 0 Å². The van der Waals surface area contributed by atoms with Crippen molar-refractivity contribution in [2.45, 2.75) is 26.3 Å². The van der Waals surface area contributed by atoms with Gasteiger partial charge in [-0.05, 0) is 12.3 Å². The van der Waals surface area contributed by atoms with E-state index in [2.05, 4.69) is 9.88 Å². The molecule has 0 bridgehead atoms. The highest BCUT2D eigenvalue weighted by molar-refractivity contribution is 5.74. The summed E-state index contributed by atoms with van der Waals surface area (Å²) in [7, 11) is 0. The molecule has 70 valence electrons. The third-order valence-electron chi connectivity index (χ3n) is 1.18. The Balaban J connectivity index is 3.68. The summed E-state index contributed by atoms with van der Waals surface area (Å²) in [6.45, 7) is 3.82. The number of carbonyl (C=O) groups is 1.